The van der Waals surface area contributed by atoms with Gasteiger partial charge in [-0.1, -0.05) is 15.9 Å². The average molecular weight is 253 g/mol. The maximum absolute atomic E-state index is 11.3. The number of aromatic nitrogens is 2. The van der Waals surface area contributed by atoms with E-state index in [4.69, 9.17) is 0 Å². The van der Waals surface area contributed by atoms with Gasteiger partial charge in [0.25, 0.3) is 0 Å². The molecule has 0 fully saturated rings. The molecule has 0 spiro atoms. The second-order valence-corrected chi connectivity index (χ2v) is 3.67. The maximum atomic E-state index is 11.3. The van der Waals surface area contributed by atoms with Gasteiger partial charge in [-0.2, -0.15) is 5.10 Å². The predicted octanol–water partition coefficient (Wildman–Crippen LogP) is 2.43. The van der Waals surface area contributed by atoms with Gasteiger partial charge in [-0.25, -0.2) is 4.52 Å². The molecule has 0 aromatic carbocycles. The van der Waals surface area contributed by atoms with Gasteiger partial charge in [0.15, 0.2) is 5.78 Å². The minimum absolute atomic E-state index is 0.0479. The van der Waals surface area contributed by atoms with Gasteiger partial charge in [0.1, 0.15) is 0 Å². The first-order valence-electron chi connectivity index (χ1n) is 4.25. The van der Waals surface area contributed by atoms with Crippen LogP contribution in [-0.4, -0.2) is 15.4 Å². The Bertz CT molecular complexity index is 490. The van der Waals surface area contributed by atoms with Crippen molar-refractivity contribution in [3.8, 4) is 0 Å². The monoisotopic (exact) mass is 252 g/mol. The number of ketones is 1. The van der Waals surface area contributed by atoms with Crippen LogP contribution in [0.3, 0.4) is 0 Å². The molecule has 0 aliphatic rings. The number of pyridine rings is 1. The fraction of sp³-hybridized carbons (Fsp3) is 0.200. The number of carbonyl (C=O) groups is 1. The lowest BCUT2D eigenvalue weighted by Gasteiger charge is -1.98. The van der Waals surface area contributed by atoms with E-state index in [0.29, 0.717) is 5.56 Å². The van der Waals surface area contributed by atoms with Crippen LogP contribution in [0, 0.1) is 0 Å². The zero-order valence-corrected chi connectivity index (χ0v) is 9.28. The Morgan fingerprint density at radius 2 is 2.43 bits per heavy atom. The highest BCUT2D eigenvalue weighted by Gasteiger charge is 2.08. The Labute approximate surface area is 89.9 Å². The number of alkyl halides is 1. The quantitative estimate of drug-likeness (QED) is 0.608. The van der Waals surface area contributed by atoms with Crippen molar-refractivity contribution in [1.82, 2.24) is 9.61 Å². The third-order valence-electron chi connectivity index (χ3n) is 2.12. The molecule has 0 amide bonds. The number of Topliss-reactive ketones (excluding diaryl/α,β-unsaturated/α-hetero) is 1. The van der Waals surface area contributed by atoms with Crippen LogP contribution < -0.4 is 0 Å². The summed E-state index contributed by atoms with van der Waals surface area (Å²) in [5.74, 6) is 0.0479. The third-order valence-corrected chi connectivity index (χ3v) is 2.77. The second kappa shape index (κ2) is 3.53. The highest BCUT2D eigenvalue weighted by atomic mass is 79.9. The predicted molar refractivity (Wildman–Crippen MR) is 57.8 cm³/mol. The van der Waals surface area contributed by atoms with Crippen molar-refractivity contribution in [3.05, 3.63) is 35.7 Å². The lowest BCUT2D eigenvalue weighted by molar-refractivity contribution is 0.101. The fourth-order valence-electron chi connectivity index (χ4n) is 1.38. The Kier molecular flexibility index (Phi) is 2.37. The van der Waals surface area contributed by atoms with Gasteiger partial charge in [-0.3, -0.25) is 4.79 Å². The molecule has 0 N–H and O–H groups in total. The van der Waals surface area contributed by atoms with Crippen LogP contribution >= 0.6 is 15.9 Å². The molecule has 2 aromatic rings. The molecule has 72 valence electrons. The summed E-state index contributed by atoms with van der Waals surface area (Å²) in [5.41, 5.74) is 2.68. The summed E-state index contributed by atoms with van der Waals surface area (Å²) in [6.07, 6.45) is 3.47. The van der Waals surface area contributed by atoms with Crippen LogP contribution in [0.4, 0.5) is 0 Å². The SMILES string of the molecule is CC(=O)c1cnn2ccc(CBr)cc12. The Morgan fingerprint density at radius 3 is 3.07 bits per heavy atom. The van der Waals surface area contributed by atoms with E-state index in [-0.39, 0.29) is 5.78 Å². The number of nitrogens with zero attached hydrogens (tertiary/aromatic N) is 2. The van der Waals surface area contributed by atoms with Crippen LogP contribution in [0.2, 0.25) is 0 Å². The molecule has 0 unspecified atom stereocenters. The van der Waals surface area contributed by atoms with Gasteiger partial charge in [0.05, 0.1) is 17.3 Å². The van der Waals surface area contributed by atoms with Crippen molar-refractivity contribution in [2.24, 2.45) is 0 Å². The Balaban J connectivity index is 2.69. The summed E-state index contributed by atoms with van der Waals surface area (Å²) in [6.45, 7) is 1.55. The Morgan fingerprint density at radius 1 is 1.64 bits per heavy atom. The highest BCUT2D eigenvalue weighted by molar-refractivity contribution is 9.08. The molecule has 0 atom stereocenters. The first-order valence-corrected chi connectivity index (χ1v) is 5.37. The first-order chi connectivity index (χ1) is 6.72. The summed E-state index contributed by atoms with van der Waals surface area (Å²) in [4.78, 5) is 11.3. The van der Waals surface area contributed by atoms with E-state index >= 15 is 0 Å². The topological polar surface area (TPSA) is 34.4 Å². The van der Waals surface area contributed by atoms with Crippen molar-refractivity contribution >= 4 is 27.2 Å². The van der Waals surface area contributed by atoms with Crippen molar-refractivity contribution in [1.29, 1.82) is 0 Å². The zero-order valence-electron chi connectivity index (χ0n) is 7.70. The summed E-state index contributed by atoms with van der Waals surface area (Å²) in [5, 5.41) is 4.88. The fourth-order valence-corrected chi connectivity index (χ4v) is 1.73. The summed E-state index contributed by atoms with van der Waals surface area (Å²) < 4.78 is 1.71. The Hall–Kier alpha value is -1.16. The van der Waals surface area contributed by atoms with E-state index in [2.05, 4.69) is 21.0 Å². The first kappa shape index (κ1) is 9.40. The summed E-state index contributed by atoms with van der Waals surface area (Å²) >= 11 is 3.38. The van der Waals surface area contributed by atoms with Gasteiger partial charge in [-0.15, -0.1) is 0 Å². The maximum Gasteiger partial charge on any atom is 0.163 e. The minimum atomic E-state index is 0.0479. The minimum Gasteiger partial charge on any atom is -0.294 e. The lowest BCUT2D eigenvalue weighted by Crippen LogP contribution is -1.92. The van der Waals surface area contributed by atoms with Crippen molar-refractivity contribution in [2.75, 3.05) is 0 Å². The molecule has 0 bridgehead atoms. The van der Waals surface area contributed by atoms with Crippen molar-refractivity contribution in [3.63, 3.8) is 0 Å². The molecule has 0 aliphatic heterocycles. The normalized spacial score (nSPS) is 10.7. The molecule has 0 saturated heterocycles. The van der Waals surface area contributed by atoms with Gasteiger partial charge < -0.3 is 0 Å². The van der Waals surface area contributed by atoms with Crippen LogP contribution in [0.15, 0.2) is 24.5 Å². The van der Waals surface area contributed by atoms with Crippen LogP contribution in [0.5, 0.6) is 0 Å². The van der Waals surface area contributed by atoms with E-state index in [1.54, 1.807) is 17.6 Å². The molecule has 2 rings (SSSR count). The molecule has 3 nitrogen and oxygen atoms in total. The second-order valence-electron chi connectivity index (χ2n) is 3.11. The van der Waals surface area contributed by atoms with E-state index in [1.807, 2.05) is 18.3 Å². The molecule has 0 radical (unpaired) electrons. The van der Waals surface area contributed by atoms with E-state index in [1.165, 1.54) is 0 Å². The number of carbonyl (C=O) groups excluding carboxylic acids is 1. The van der Waals surface area contributed by atoms with Crippen LogP contribution in [-0.2, 0) is 5.33 Å². The average Bonchev–Trinajstić information content (AvgIpc) is 2.59. The molecule has 2 aromatic heterocycles. The number of hydrogen-bond donors (Lipinski definition) is 0. The van der Waals surface area contributed by atoms with Gasteiger partial charge in [0, 0.05) is 11.5 Å². The molecule has 0 saturated carbocycles. The summed E-state index contributed by atoms with van der Waals surface area (Å²) in [6, 6.07) is 3.94. The molecule has 14 heavy (non-hydrogen) atoms. The smallest absolute Gasteiger partial charge is 0.163 e. The number of rotatable bonds is 2. The van der Waals surface area contributed by atoms with E-state index < -0.39 is 0 Å². The van der Waals surface area contributed by atoms with Gasteiger partial charge >= 0.3 is 0 Å². The van der Waals surface area contributed by atoms with Crippen LogP contribution in [0.1, 0.15) is 22.8 Å². The van der Waals surface area contributed by atoms with Crippen LogP contribution in [0.25, 0.3) is 5.52 Å². The number of fused-ring (bicyclic) bond motifs is 1. The van der Waals surface area contributed by atoms with E-state index in [0.717, 1.165) is 16.4 Å². The molecule has 2 heterocycles. The van der Waals surface area contributed by atoms with Gasteiger partial charge in [-0.05, 0) is 24.6 Å². The molecule has 4 heteroatoms. The largest absolute Gasteiger partial charge is 0.294 e. The zero-order chi connectivity index (χ0) is 10.1. The van der Waals surface area contributed by atoms with Crippen molar-refractivity contribution < 1.29 is 4.79 Å². The molecular formula is C10H9BrN2O. The number of hydrogen-bond acceptors (Lipinski definition) is 2. The van der Waals surface area contributed by atoms with Gasteiger partial charge in [0.2, 0.25) is 0 Å². The number of halogens is 1. The standard InChI is InChI=1S/C10H9BrN2O/c1-7(14)9-6-12-13-3-2-8(5-11)4-10(9)13/h2-4,6H,5H2,1H3. The van der Waals surface area contributed by atoms with Crippen molar-refractivity contribution in [2.45, 2.75) is 12.3 Å². The summed E-state index contributed by atoms with van der Waals surface area (Å²) in [7, 11) is 0. The highest BCUT2D eigenvalue weighted by Crippen LogP contribution is 2.14. The molecule has 0 aliphatic carbocycles. The third kappa shape index (κ3) is 1.46. The van der Waals surface area contributed by atoms with E-state index in [9.17, 15) is 4.79 Å². The lowest BCUT2D eigenvalue weighted by atomic mass is 10.2. The molecular weight excluding hydrogens is 244 g/mol.